The summed E-state index contributed by atoms with van der Waals surface area (Å²) in [4.78, 5) is 23.4. The molecule has 3 rings (SSSR count). The molecule has 1 amide bonds. The zero-order chi connectivity index (χ0) is 18.4. The van der Waals surface area contributed by atoms with Gasteiger partial charge in [-0.05, 0) is 48.9 Å². The fourth-order valence-corrected chi connectivity index (χ4v) is 2.71. The highest BCUT2D eigenvalue weighted by molar-refractivity contribution is 5.81. The van der Waals surface area contributed by atoms with E-state index in [1.165, 1.54) is 0 Å². The predicted molar refractivity (Wildman–Crippen MR) is 98.7 cm³/mol. The summed E-state index contributed by atoms with van der Waals surface area (Å²) < 4.78 is 10.4. The highest BCUT2D eigenvalue weighted by atomic mass is 16.6. The fraction of sp³-hybridized carbons (Fsp3) is 0.333. The number of ether oxygens (including phenoxy) is 2. The molecule has 1 fully saturated rings. The number of hydrogen-bond acceptors (Lipinski definition) is 4. The molecule has 0 aromatic heterocycles. The quantitative estimate of drug-likeness (QED) is 0.740. The van der Waals surface area contributed by atoms with E-state index in [0.29, 0.717) is 11.7 Å². The van der Waals surface area contributed by atoms with E-state index < -0.39 is 5.97 Å². The topological polar surface area (TPSA) is 64.6 Å². The van der Waals surface area contributed by atoms with E-state index in [-0.39, 0.29) is 25.2 Å². The van der Waals surface area contributed by atoms with Gasteiger partial charge < -0.3 is 14.8 Å². The normalized spacial score (nSPS) is 14.3. The molecular weight excluding hydrogens is 330 g/mol. The third-order valence-corrected chi connectivity index (χ3v) is 4.40. The van der Waals surface area contributed by atoms with Crippen molar-refractivity contribution in [3.63, 3.8) is 0 Å². The first kappa shape index (κ1) is 18.0. The van der Waals surface area contributed by atoms with Gasteiger partial charge in [0.25, 0.3) is 5.91 Å². The minimum absolute atomic E-state index is 0.139. The Bertz CT molecular complexity index is 738. The molecule has 1 aliphatic carbocycles. The van der Waals surface area contributed by atoms with Gasteiger partial charge in [0.15, 0.2) is 13.2 Å². The van der Waals surface area contributed by atoms with Crippen LogP contribution in [-0.4, -0.2) is 31.1 Å². The molecule has 2 aromatic carbocycles. The number of hydrogen-bond donors (Lipinski definition) is 1. The fourth-order valence-electron chi connectivity index (χ4n) is 2.71. The maximum absolute atomic E-state index is 11.7. The zero-order valence-corrected chi connectivity index (χ0v) is 14.8. The Morgan fingerprint density at radius 3 is 2.31 bits per heavy atom. The van der Waals surface area contributed by atoms with Crippen molar-refractivity contribution < 1.29 is 19.1 Å². The SMILES string of the molecule is C[C@H](NC(=O)COC(=O)COc1ccc(-c2ccccc2)cc1)C1CC1. The number of amides is 1. The van der Waals surface area contributed by atoms with E-state index in [4.69, 9.17) is 9.47 Å². The predicted octanol–water partition coefficient (Wildman–Crippen LogP) is 3.19. The summed E-state index contributed by atoms with van der Waals surface area (Å²) in [5, 5.41) is 2.84. The van der Waals surface area contributed by atoms with E-state index in [1.54, 1.807) is 12.1 Å². The molecule has 0 saturated heterocycles. The Kier molecular flexibility index (Phi) is 5.89. The number of nitrogens with one attached hydrogen (secondary N) is 1. The highest BCUT2D eigenvalue weighted by Crippen LogP contribution is 2.32. The maximum Gasteiger partial charge on any atom is 0.344 e. The van der Waals surface area contributed by atoms with Gasteiger partial charge in [-0.25, -0.2) is 4.79 Å². The van der Waals surface area contributed by atoms with E-state index in [9.17, 15) is 9.59 Å². The van der Waals surface area contributed by atoms with Gasteiger partial charge in [-0.2, -0.15) is 0 Å². The van der Waals surface area contributed by atoms with Crippen LogP contribution < -0.4 is 10.1 Å². The van der Waals surface area contributed by atoms with Crippen LogP contribution in [0.15, 0.2) is 54.6 Å². The molecule has 1 N–H and O–H groups in total. The summed E-state index contributed by atoms with van der Waals surface area (Å²) in [5.74, 6) is 0.307. The number of benzene rings is 2. The smallest absolute Gasteiger partial charge is 0.344 e. The van der Waals surface area contributed by atoms with Crippen LogP contribution in [-0.2, 0) is 14.3 Å². The largest absolute Gasteiger partial charge is 0.482 e. The van der Waals surface area contributed by atoms with Gasteiger partial charge in [-0.15, -0.1) is 0 Å². The van der Waals surface area contributed by atoms with Crippen LogP contribution in [0.1, 0.15) is 19.8 Å². The van der Waals surface area contributed by atoms with E-state index >= 15 is 0 Å². The lowest BCUT2D eigenvalue weighted by Gasteiger charge is -2.13. The average molecular weight is 353 g/mol. The van der Waals surface area contributed by atoms with Crippen LogP contribution in [0.3, 0.4) is 0 Å². The first-order valence-electron chi connectivity index (χ1n) is 8.85. The van der Waals surface area contributed by atoms with Crippen LogP contribution in [0.2, 0.25) is 0 Å². The monoisotopic (exact) mass is 353 g/mol. The van der Waals surface area contributed by atoms with Crippen molar-refractivity contribution in [1.29, 1.82) is 0 Å². The van der Waals surface area contributed by atoms with Crippen molar-refractivity contribution in [2.24, 2.45) is 5.92 Å². The van der Waals surface area contributed by atoms with Crippen molar-refractivity contribution in [2.75, 3.05) is 13.2 Å². The van der Waals surface area contributed by atoms with Crippen LogP contribution in [0.5, 0.6) is 5.75 Å². The van der Waals surface area contributed by atoms with Gasteiger partial charge in [0.2, 0.25) is 0 Å². The van der Waals surface area contributed by atoms with Crippen molar-refractivity contribution in [1.82, 2.24) is 5.32 Å². The van der Waals surface area contributed by atoms with E-state index in [2.05, 4.69) is 5.32 Å². The van der Waals surface area contributed by atoms with Crippen molar-refractivity contribution >= 4 is 11.9 Å². The zero-order valence-electron chi connectivity index (χ0n) is 14.8. The summed E-state index contributed by atoms with van der Waals surface area (Å²) in [6, 6.07) is 17.6. The molecule has 1 atom stereocenters. The molecule has 5 nitrogen and oxygen atoms in total. The Morgan fingerprint density at radius 2 is 1.65 bits per heavy atom. The molecule has 1 aliphatic rings. The molecular formula is C21H23NO4. The van der Waals surface area contributed by atoms with Crippen LogP contribution in [0.25, 0.3) is 11.1 Å². The van der Waals surface area contributed by atoms with E-state index in [1.807, 2.05) is 49.4 Å². The Hall–Kier alpha value is -2.82. The molecule has 0 aliphatic heterocycles. The number of carbonyl (C=O) groups excluding carboxylic acids is 2. The lowest BCUT2D eigenvalue weighted by molar-refractivity contribution is -0.150. The third kappa shape index (κ3) is 5.34. The second kappa shape index (κ2) is 8.52. The molecule has 2 aromatic rings. The average Bonchev–Trinajstić information content (AvgIpc) is 3.51. The van der Waals surface area contributed by atoms with Crippen molar-refractivity contribution in [2.45, 2.75) is 25.8 Å². The number of rotatable bonds is 8. The van der Waals surface area contributed by atoms with E-state index in [0.717, 1.165) is 24.0 Å². The van der Waals surface area contributed by atoms with Crippen LogP contribution in [0, 0.1) is 5.92 Å². The van der Waals surface area contributed by atoms with Gasteiger partial charge >= 0.3 is 5.97 Å². The second-order valence-corrected chi connectivity index (χ2v) is 6.53. The van der Waals surface area contributed by atoms with Crippen LogP contribution >= 0.6 is 0 Å². The Balaban J connectivity index is 1.39. The maximum atomic E-state index is 11.7. The minimum Gasteiger partial charge on any atom is -0.482 e. The molecule has 136 valence electrons. The van der Waals surface area contributed by atoms with Gasteiger partial charge in [-0.1, -0.05) is 42.5 Å². The van der Waals surface area contributed by atoms with Crippen molar-refractivity contribution in [3.8, 4) is 16.9 Å². The molecule has 5 heteroatoms. The summed E-state index contributed by atoms with van der Waals surface area (Å²) >= 11 is 0. The number of esters is 1. The van der Waals surface area contributed by atoms with Gasteiger partial charge in [0.1, 0.15) is 5.75 Å². The molecule has 1 saturated carbocycles. The van der Waals surface area contributed by atoms with Crippen molar-refractivity contribution in [3.05, 3.63) is 54.6 Å². The minimum atomic E-state index is -0.564. The second-order valence-electron chi connectivity index (χ2n) is 6.53. The Morgan fingerprint density at radius 1 is 1.00 bits per heavy atom. The van der Waals surface area contributed by atoms with Gasteiger partial charge in [-0.3, -0.25) is 4.79 Å². The molecule has 0 spiro atoms. The standard InChI is InChI=1S/C21H23NO4/c1-15(16-7-8-16)22-20(23)13-26-21(24)14-25-19-11-9-18(10-12-19)17-5-3-2-4-6-17/h2-6,9-12,15-16H,7-8,13-14H2,1H3,(H,22,23)/t15-/m0/s1. The van der Waals surface area contributed by atoms with Gasteiger partial charge in [0.05, 0.1) is 0 Å². The molecule has 0 radical (unpaired) electrons. The van der Waals surface area contributed by atoms with Crippen LogP contribution in [0.4, 0.5) is 0 Å². The molecule has 0 unspecified atom stereocenters. The number of carbonyl (C=O) groups is 2. The molecule has 0 bridgehead atoms. The molecule has 26 heavy (non-hydrogen) atoms. The summed E-state index contributed by atoms with van der Waals surface area (Å²) in [5.41, 5.74) is 2.19. The van der Waals surface area contributed by atoms with Gasteiger partial charge in [0, 0.05) is 6.04 Å². The summed E-state index contributed by atoms with van der Waals surface area (Å²) in [6.07, 6.45) is 2.30. The molecule has 0 heterocycles. The summed E-state index contributed by atoms with van der Waals surface area (Å²) in [7, 11) is 0. The lowest BCUT2D eigenvalue weighted by Crippen LogP contribution is -2.37. The highest BCUT2D eigenvalue weighted by Gasteiger charge is 2.28. The Labute approximate surface area is 153 Å². The summed E-state index contributed by atoms with van der Waals surface area (Å²) in [6.45, 7) is 1.47. The first-order chi connectivity index (χ1) is 12.6. The lowest BCUT2D eigenvalue weighted by atomic mass is 10.1. The third-order valence-electron chi connectivity index (χ3n) is 4.40. The first-order valence-corrected chi connectivity index (χ1v) is 8.85.